The van der Waals surface area contributed by atoms with E-state index in [2.05, 4.69) is 41.5 Å². The second-order valence-electron chi connectivity index (χ2n) is 6.94. The van der Waals surface area contributed by atoms with Gasteiger partial charge in [-0.15, -0.1) is 10.2 Å². The van der Waals surface area contributed by atoms with Gasteiger partial charge in [-0.1, -0.05) is 0 Å². The third-order valence-electron chi connectivity index (χ3n) is 5.10. The monoisotopic (exact) mass is 367 g/mol. The molecular weight excluding hydrogens is 342 g/mol. The summed E-state index contributed by atoms with van der Waals surface area (Å²) in [6, 6.07) is 1.99. The highest BCUT2D eigenvalue weighted by Crippen LogP contribution is 2.29. The van der Waals surface area contributed by atoms with E-state index >= 15 is 0 Å². The summed E-state index contributed by atoms with van der Waals surface area (Å²) in [7, 11) is 0. The van der Waals surface area contributed by atoms with E-state index in [1.54, 1.807) is 6.20 Å². The maximum absolute atomic E-state index is 5.80. The van der Waals surface area contributed by atoms with Gasteiger partial charge < -0.3 is 19.8 Å². The Bertz CT molecular complexity index is 871. The molecule has 142 valence electrons. The Morgan fingerprint density at radius 3 is 2.67 bits per heavy atom. The summed E-state index contributed by atoms with van der Waals surface area (Å²) in [6.45, 7) is 7.50. The molecule has 3 aromatic heterocycles. The molecule has 0 unspecified atom stereocenters. The Morgan fingerprint density at radius 2 is 2.00 bits per heavy atom. The Balaban J connectivity index is 1.47. The van der Waals surface area contributed by atoms with Crippen LogP contribution in [-0.2, 0) is 13.1 Å². The molecule has 9 heteroatoms. The molecule has 0 bridgehead atoms. The van der Waals surface area contributed by atoms with Crippen molar-refractivity contribution in [3.05, 3.63) is 42.1 Å². The van der Waals surface area contributed by atoms with Crippen molar-refractivity contribution in [3.63, 3.8) is 0 Å². The summed E-state index contributed by atoms with van der Waals surface area (Å²) in [4.78, 5) is 14.9. The van der Waals surface area contributed by atoms with Crippen LogP contribution in [0.3, 0.4) is 0 Å². The standard InChI is InChI=1S/C18H25N9/c1-3-27-16(11-25-9-6-20-12-25)23-24-17(27)14-4-7-26(8-5-14)15-10-13(2)21-18(19)22-15/h6,9-10,12,14H,3-5,7-8,11H2,1-2H3,(H2,19,21,22). The lowest BCUT2D eigenvalue weighted by molar-refractivity contribution is 0.462. The fourth-order valence-corrected chi connectivity index (χ4v) is 3.76. The molecule has 1 aliphatic heterocycles. The summed E-state index contributed by atoms with van der Waals surface area (Å²) >= 11 is 0. The molecule has 0 aromatic carbocycles. The van der Waals surface area contributed by atoms with Crippen LogP contribution in [0.5, 0.6) is 0 Å². The van der Waals surface area contributed by atoms with Crippen LogP contribution < -0.4 is 10.6 Å². The first-order chi connectivity index (χ1) is 13.1. The van der Waals surface area contributed by atoms with Crippen molar-refractivity contribution in [2.24, 2.45) is 0 Å². The second kappa shape index (κ2) is 7.34. The molecule has 0 atom stereocenters. The van der Waals surface area contributed by atoms with Crippen molar-refractivity contribution in [1.82, 2.24) is 34.3 Å². The van der Waals surface area contributed by atoms with Crippen LogP contribution in [0.4, 0.5) is 11.8 Å². The predicted octanol–water partition coefficient (Wildman–Crippen LogP) is 1.61. The van der Waals surface area contributed by atoms with Crippen LogP contribution in [0, 0.1) is 6.92 Å². The number of hydrogen-bond acceptors (Lipinski definition) is 7. The Hall–Kier alpha value is -2.97. The maximum atomic E-state index is 5.80. The first-order valence-electron chi connectivity index (χ1n) is 9.38. The Kier molecular flexibility index (Phi) is 4.74. The molecule has 0 spiro atoms. The van der Waals surface area contributed by atoms with Gasteiger partial charge in [0.25, 0.3) is 0 Å². The normalized spacial score (nSPS) is 15.4. The average Bonchev–Trinajstić information content (AvgIpc) is 3.31. The molecule has 0 amide bonds. The molecule has 2 N–H and O–H groups in total. The number of nitrogens with two attached hydrogens (primary N) is 1. The van der Waals surface area contributed by atoms with Gasteiger partial charge in [0.1, 0.15) is 11.6 Å². The highest BCUT2D eigenvalue weighted by molar-refractivity contribution is 5.43. The van der Waals surface area contributed by atoms with Crippen molar-refractivity contribution in [3.8, 4) is 0 Å². The van der Waals surface area contributed by atoms with E-state index in [1.165, 1.54) is 0 Å². The second-order valence-corrected chi connectivity index (χ2v) is 6.94. The minimum atomic E-state index is 0.335. The third-order valence-corrected chi connectivity index (χ3v) is 5.10. The smallest absolute Gasteiger partial charge is 0.222 e. The molecule has 0 saturated carbocycles. The fraction of sp³-hybridized carbons (Fsp3) is 0.500. The van der Waals surface area contributed by atoms with E-state index in [0.717, 1.165) is 55.6 Å². The van der Waals surface area contributed by atoms with Crippen molar-refractivity contribution < 1.29 is 0 Å². The molecule has 1 aliphatic rings. The van der Waals surface area contributed by atoms with Crippen LogP contribution in [0.1, 0.15) is 43.0 Å². The zero-order valence-electron chi connectivity index (χ0n) is 15.8. The largest absolute Gasteiger partial charge is 0.368 e. The van der Waals surface area contributed by atoms with E-state index in [-0.39, 0.29) is 0 Å². The number of imidazole rings is 1. The lowest BCUT2D eigenvalue weighted by Gasteiger charge is -2.32. The fourth-order valence-electron chi connectivity index (χ4n) is 3.76. The number of rotatable bonds is 5. The molecule has 27 heavy (non-hydrogen) atoms. The summed E-state index contributed by atoms with van der Waals surface area (Å²) in [5.74, 6) is 3.72. The minimum absolute atomic E-state index is 0.335. The molecule has 9 nitrogen and oxygen atoms in total. The van der Waals surface area contributed by atoms with Crippen molar-refractivity contribution in [2.45, 2.75) is 45.7 Å². The van der Waals surface area contributed by atoms with Gasteiger partial charge in [-0.25, -0.2) is 9.97 Å². The molecule has 0 radical (unpaired) electrons. The van der Waals surface area contributed by atoms with Gasteiger partial charge in [-0.2, -0.15) is 4.98 Å². The van der Waals surface area contributed by atoms with Crippen LogP contribution in [0.15, 0.2) is 24.8 Å². The third kappa shape index (κ3) is 3.62. The van der Waals surface area contributed by atoms with Gasteiger partial charge in [-0.3, -0.25) is 0 Å². The zero-order valence-corrected chi connectivity index (χ0v) is 15.8. The molecule has 1 fully saturated rings. The summed E-state index contributed by atoms with van der Waals surface area (Å²) in [5, 5.41) is 8.98. The van der Waals surface area contributed by atoms with Crippen LogP contribution >= 0.6 is 0 Å². The Morgan fingerprint density at radius 1 is 1.19 bits per heavy atom. The first-order valence-corrected chi connectivity index (χ1v) is 9.38. The van der Waals surface area contributed by atoms with Crippen molar-refractivity contribution in [2.75, 3.05) is 23.7 Å². The first kappa shape index (κ1) is 17.4. The number of aromatic nitrogens is 7. The number of hydrogen-bond donors (Lipinski definition) is 1. The van der Waals surface area contributed by atoms with E-state index in [0.29, 0.717) is 18.4 Å². The van der Waals surface area contributed by atoms with Crippen LogP contribution in [0.2, 0.25) is 0 Å². The van der Waals surface area contributed by atoms with Crippen molar-refractivity contribution in [1.29, 1.82) is 0 Å². The molecular formula is C18H25N9. The number of nitrogens with zero attached hydrogens (tertiary/aromatic N) is 8. The SMILES string of the molecule is CCn1c(Cn2ccnc2)nnc1C1CCN(c2cc(C)nc(N)n2)CC1. The summed E-state index contributed by atoms with van der Waals surface area (Å²) in [6.07, 6.45) is 7.58. The van der Waals surface area contributed by atoms with Crippen molar-refractivity contribution >= 4 is 11.8 Å². The highest BCUT2D eigenvalue weighted by atomic mass is 15.3. The zero-order chi connectivity index (χ0) is 18.8. The number of anilines is 2. The summed E-state index contributed by atoms with van der Waals surface area (Å²) < 4.78 is 4.26. The quantitative estimate of drug-likeness (QED) is 0.730. The summed E-state index contributed by atoms with van der Waals surface area (Å²) in [5.41, 5.74) is 6.70. The lowest BCUT2D eigenvalue weighted by atomic mass is 9.96. The molecule has 4 rings (SSSR count). The van der Waals surface area contributed by atoms with E-state index in [9.17, 15) is 0 Å². The van der Waals surface area contributed by atoms with Gasteiger partial charge >= 0.3 is 0 Å². The minimum Gasteiger partial charge on any atom is -0.368 e. The van der Waals surface area contributed by atoms with Gasteiger partial charge in [0.05, 0.1) is 12.9 Å². The van der Waals surface area contributed by atoms with Gasteiger partial charge in [-0.05, 0) is 26.7 Å². The average molecular weight is 367 g/mol. The maximum Gasteiger partial charge on any atom is 0.222 e. The number of aryl methyl sites for hydroxylation is 1. The van der Waals surface area contributed by atoms with Crippen LogP contribution in [-0.4, -0.2) is 47.4 Å². The Labute approximate surface area is 158 Å². The van der Waals surface area contributed by atoms with Gasteiger partial charge in [0.2, 0.25) is 5.95 Å². The van der Waals surface area contributed by atoms with Crippen LogP contribution in [0.25, 0.3) is 0 Å². The topological polar surface area (TPSA) is 104 Å². The highest BCUT2D eigenvalue weighted by Gasteiger charge is 2.26. The molecule has 4 heterocycles. The predicted molar refractivity (Wildman–Crippen MR) is 102 cm³/mol. The number of nitrogen functional groups attached to an aromatic ring is 1. The molecule has 0 aliphatic carbocycles. The van der Waals surface area contributed by atoms with E-state index < -0.39 is 0 Å². The number of piperidine rings is 1. The van der Waals surface area contributed by atoms with E-state index in [1.807, 2.05) is 30.1 Å². The van der Waals surface area contributed by atoms with E-state index in [4.69, 9.17) is 5.73 Å². The van der Waals surface area contributed by atoms with Gasteiger partial charge in [0.15, 0.2) is 5.82 Å². The lowest BCUT2D eigenvalue weighted by Crippen LogP contribution is -2.34. The molecule has 3 aromatic rings. The van der Waals surface area contributed by atoms with Gasteiger partial charge in [0, 0.05) is 49.7 Å². The molecule has 1 saturated heterocycles.